The van der Waals surface area contributed by atoms with Gasteiger partial charge in [-0.1, -0.05) is 0 Å². The van der Waals surface area contributed by atoms with E-state index < -0.39 is 9.85 Å². The summed E-state index contributed by atoms with van der Waals surface area (Å²) in [5.74, 6) is 0. The van der Waals surface area contributed by atoms with Gasteiger partial charge in [-0.15, -0.1) is 0 Å². The van der Waals surface area contributed by atoms with Gasteiger partial charge in [-0.2, -0.15) is 0 Å². The minimum Gasteiger partial charge on any atom is -0.344 e. The zero-order chi connectivity index (χ0) is 14.7. The molecule has 0 fully saturated rings. The number of nitrogens with one attached hydrogen (secondary N) is 1. The normalized spacial score (nSPS) is 10.1. The average Bonchev–Trinajstić information content (AvgIpc) is 2.41. The summed E-state index contributed by atoms with van der Waals surface area (Å²) in [7, 11) is 0. The van der Waals surface area contributed by atoms with Crippen molar-refractivity contribution in [1.82, 2.24) is 4.98 Å². The molecule has 1 N–H and O–H groups in total. The van der Waals surface area contributed by atoms with E-state index in [0.29, 0.717) is 11.3 Å². The summed E-state index contributed by atoms with van der Waals surface area (Å²) in [4.78, 5) is 24.6. The molecule has 0 saturated carbocycles. The summed E-state index contributed by atoms with van der Waals surface area (Å²) in [5.41, 5.74) is 0.109. The number of benzene rings is 1. The fourth-order valence-electron chi connectivity index (χ4n) is 1.74. The molecule has 0 radical (unpaired) electrons. The largest absolute Gasteiger partial charge is 0.344 e. The summed E-state index contributed by atoms with van der Waals surface area (Å²) in [5, 5.41) is 24.8. The number of hydrogen-bond donors (Lipinski definition) is 1. The second-order valence-corrected chi connectivity index (χ2v) is 4.05. The van der Waals surface area contributed by atoms with Gasteiger partial charge in [0.1, 0.15) is 0 Å². The lowest BCUT2D eigenvalue weighted by molar-refractivity contribution is -0.392. The molecule has 0 bridgehead atoms. The number of aryl methyl sites for hydroxylation is 1. The molecule has 2 rings (SSSR count). The SMILES string of the molecule is Cc1cc([N+](=O)[O-])c(Nc2ccncc2)c([N+](=O)[O-])c1. The van der Waals surface area contributed by atoms with Crippen molar-refractivity contribution in [2.75, 3.05) is 5.32 Å². The van der Waals surface area contributed by atoms with E-state index in [0.717, 1.165) is 0 Å². The van der Waals surface area contributed by atoms with Crippen LogP contribution in [0.1, 0.15) is 5.56 Å². The van der Waals surface area contributed by atoms with Gasteiger partial charge in [0, 0.05) is 30.2 Å². The van der Waals surface area contributed by atoms with E-state index in [1.165, 1.54) is 24.5 Å². The summed E-state index contributed by atoms with van der Waals surface area (Å²) >= 11 is 0. The second kappa shape index (κ2) is 5.31. The Morgan fingerprint density at radius 1 is 1.05 bits per heavy atom. The zero-order valence-electron chi connectivity index (χ0n) is 10.4. The number of aromatic nitrogens is 1. The van der Waals surface area contributed by atoms with Crippen LogP contribution in [0.2, 0.25) is 0 Å². The quantitative estimate of drug-likeness (QED) is 0.677. The van der Waals surface area contributed by atoms with Gasteiger partial charge < -0.3 is 5.32 Å². The maximum Gasteiger partial charge on any atom is 0.300 e. The number of nitro groups is 2. The molecule has 0 aliphatic heterocycles. The van der Waals surface area contributed by atoms with Gasteiger partial charge in [0.2, 0.25) is 0 Å². The standard InChI is InChI=1S/C12H10N4O4/c1-8-6-10(15(17)18)12(11(7-8)16(19)20)14-9-2-4-13-5-3-9/h2-7H,1H3,(H,13,14). The molecule has 20 heavy (non-hydrogen) atoms. The molecule has 0 atom stereocenters. The highest BCUT2D eigenvalue weighted by Crippen LogP contribution is 2.37. The van der Waals surface area contributed by atoms with Crippen molar-refractivity contribution in [3.05, 3.63) is 62.5 Å². The predicted octanol–water partition coefficient (Wildman–Crippen LogP) is 2.95. The van der Waals surface area contributed by atoms with E-state index in [1.54, 1.807) is 19.1 Å². The Morgan fingerprint density at radius 2 is 1.55 bits per heavy atom. The molecule has 1 heterocycles. The van der Waals surface area contributed by atoms with Crippen LogP contribution in [0.25, 0.3) is 0 Å². The first kappa shape index (κ1) is 13.4. The van der Waals surface area contributed by atoms with Crippen molar-refractivity contribution in [3.63, 3.8) is 0 Å². The van der Waals surface area contributed by atoms with E-state index in [-0.39, 0.29) is 17.1 Å². The number of nitrogens with zero attached hydrogens (tertiary/aromatic N) is 3. The topological polar surface area (TPSA) is 111 Å². The van der Waals surface area contributed by atoms with Crippen LogP contribution in [-0.2, 0) is 0 Å². The molecule has 102 valence electrons. The molecule has 8 heteroatoms. The predicted molar refractivity (Wildman–Crippen MR) is 72.0 cm³/mol. The van der Waals surface area contributed by atoms with Crippen LogP contribution in [0.4, 0.5) is 22.7 Å². The van der Waals surface area contributed by atoms with Crippen LogP contribution in [-0.4, -0.2) is 14.8 Å². The molecular formula is C12H10N4O4. The molecule has 0 aliphatic rings. The zero-order valence-corrected chi connectivity index (χ0v) is 10.4. The molecule has 0 aliphatic carbocycles. The molecule has 8 nitrogen and oxygen atoms in total. The number of rotatable bonds is 4. The van der Waals surface area contributed by atoms with Gasteiger partial charge in [0.25, 0.3) is 11.4 Å². The lowest BCUT2D eigenvalue weighted by Gasteiger charge is -2.08. The Labute approximate surface area is 113 Å². The third kappa shape index (κ3) is 2.69. The highest BCUT2D eigenvalue weighted by Gasteiger charge is 2.26. The summed E-state index contributed by atoms with van der Waals surface area (Å²) in [6.45, 7) is 1.57. The van der Waals surface area contributed by atoms with E-state index in [2.05, 4.69) is 10.3 Å². The molecule has 2 aromatic rings. The van der Waals surface area contributed by atoms with Crippen LogP contribution >= 0.6 is 0 Å². The first-order valence-electron chi connectivity index (χ1n) is 5.59. The summed E-state index contributed by atoms with van der Waals surface area (Å²) in [6, 6.07) is 5.70. The Morgan fingerprint density at radius 3 is 2.00 bits per heavy atom. The molecule has 1 aromatic heterocycles. The van der Waals surface area contributed by atoms with Gasteiger partial charge in [-0.05, 0) is 24.6 Å². The van der Waals surface area contributed by atoms with Crippen molar-refractivity contribution >= 4 is 22.7 Å². The molecule has 0 spiro atoms. The lowest BCUT2D eigenvalue weighted by atomic mass is 10.1. The smallest absolute Gasteiger partial charge is 0.300 e. The van der Waals surface area contributed by atoms with E-state index in [9.17, 15) is 20.2 Å². The Hall–Kier alpha value is -3.03. The highest BCUT2D eigenvalue weighted by atomic mass is 16.6. The molecule has 0 unspecified atom stereocenters. The number of nitro benzene ring substituents is 2. The fraction of sp³-hybridized carbons (Fsp3) is 0.0833. The molecule has 0 amide bonds. The molecule has 0 saturated heterocycles. The van der Waals surface area contributed by atoms with Crippen molar-refractivity contribution in [2.24, 2.45) is 0 Å². The van der Waals surface area contributed by atoms with Crippen molar-refractivity contribution in [1.29, 1.82) is 0 Å². The molecule has 1 aromatic carbocycles. The van der Waals surface area contributed by atoms with E-state index in [1.807, 2.05) is 0 Å². The van der Waals surface area contributed by atoms with Crippen molar-refractivity contribution in [2.45, 2.75) is 6.92 Å². The van der Waals surface area contributed by atoms with Gasteiger partial charge in [-0.3, -0.25) is 25.2 Å². The Bertz CT molecular complexity index is 637. The maximum atomic E-state index is 11.1. The third-order valence-electron chi connectivity index (χ3n) is 2.58. The summed E-state index contributed by atoms with van der Waals surface area (Å²) < 4.78 is 0. The van der Waals surface area contributed by atoms with Crippen LogP contribution in [0.5, 0.6) is 0 Å². The van der Waals surface area contributed by atoms with Crippen molar-refractivity contribution < 1.29 is 9.85 Å². The van der Waals surface area contributed by atoms with Crippen LogP contribution < -0.4 is 5.32 Å². The van der Waals surface area contributed by atoms with Gasteiger partial charge >= 0.3 is 0 Å². The highest BCUT2D eigenvalue weighted by molar-refractivity contribution is 5.79. The Kier molecular flexibility index (Phi) is 3.56. The number of anilines is 2. The third-order valence-corrected chi connectivity index (χ3v) is 2.58. The molecular weight excluding hydrogens is 264 g/mol. The average molecular weight is 274 g/mol. The van der Waals surface area contributed by atoms with Gasteiger partial charge in [-0.25, -0.2) is 0 Å². The summed E-state index contributed by atoms with van der Waals surface area (Å²) in [6.07, 6.45) is 2.96. The number of pyridine rings is 1. The number of hydrogen-bond acceptors (Lipinski definition) is 6. The van der Waals surface area contributed by atoms with Gasteiger partial charge in [0.15, 0.2) is 5.69 Å². The minimum absolute atomic E-state index is 0.142. The monoisotopic (exact) mass is 274 g/mol. The lowest BCUT2D eigenvalue weighted by Crippen LogP contribution is -2.02. The van der Waals surface area contributed by atoms with Crippen LogP contribution in [0, 0.1) is 27.2 Å². The minimum atomic E-state index is -0.649. The fourth-order valence-corrected chi connectivity index (χ4v) is 1.74. The first-order valence-corrected chi connectivity index (χ1v) is 5.59. The van der Waals surface area contributed by atoms with Crippen LogP contribution in [0.15, 0.2) is 36.7 Å². The van der Waals surface area contributed by atoms with E-state index >= 15 is 0 Å². The van der Waals surface area contributed by atoms with Gasteiger partial charge in [0.05, 0.1) is 9.85 Å². The Balaban J connectivity index is 2.59. The van der Waals surface area contributed by atoms with Crippen molar-refractivity contribution in [3.8, 4) is 0 Å². The first-order chi connectivity index (χ1) is 9.49. The second-order valence-electron chi connectivity index (χ2n) is 4.05. The maximum absolute atomic E-state index is 11.1. The van der Waals surface area contributed by atoms with E-state index in [4.69, 9.17) is 0 Å². The van der Waals surface area contributed by atoms with Crippen LogP contribution in [0.3, 0.4) is 0 Å².